The highest BCUT2D eigenvalue weighted by Gasteiger charge is 2.39. The van der Waals surface area contributed by atoms with Gasteiger partial charge in [-0.05, 0) is 84.8 Å². The van der Waals surface area contributed by atoms with Crippen LogP contribution < -0.4 is 4.90 Å². The number of imidazole rings is 2. The van der Waals surface area contributed by atoms with Gasteiger partial charge < -0.3 is 0 Å². The molecule has 0 aliphatic carbocycles. The van der Waals surface area contributed by atoms with Crippen LogP contribution in [0.25, 0.3) is 99.3 Å². The van der Waals surface area contributed by atoms with E-state index in [1.165, 1.54) is 0 Å². The van der Waals surface area contributed by atoms with Gasteiger partial charge >= 0.3 is 0 Å². The zero-order chi connectivity index (χ0) is 33.7. The van der Waals surface area contributed by atoms with Crippen LogP contribution in [0.15, 0.2) is 116 Å². The van der Waals surface area contributed by atoms with Crippen LogP contribution in [0.3, 0.4) is 0 Å². The fourth-order valence-corrected chi connectivity index (χ4v) is 8.70. The molecular formula is C41H21N11. The van der Waals surface area contributed by atoms with Crippen molar-refractivity contribution in [2.75, 3.05) is 4.90 Å². The van der Waals surface area contributed by atoms with Crippen LogP contribution in [-0.2, 0) is 6.42 Å². The van der Waals surface area contributed by atoms with Gasteiger partial charge in [-0.25, -0.2) is 14.5 Å². The average molecular weight is 668 g/mol. The van der Waals surface area contributed by atoms with Crippen molar-refractivity contribution in [3.63, 3.8) is 0 Å². The van der Waals surface area contributed by atoms with Crippen LogP contribution in [-0.4, -0.2) is 49.0 Å². The second kappa shape index (κ2) is 9.23. The lowest BCUT2D eigenvalue weighted by Crippen LogP contribution is -2.32. The summed E-state index contributed by atoms with van der Waals surface area (Å²) in [6.45, 7) is 0. The lowest BCUT2D eigenvalue weighted by Gasteiger charge is -2.37. The molecule has 3 aromatic carbocycles. The van der Waals surface area contributed by atoms with E-state index in [0.717, 1.165) is 116 Å². The Labute approximate surface area is 292 Å². The smallest absolute Gasteiger partial charge is 0.224 e. The van der Waals surface area contributed by atoms with Crippen LogP contribution in [0.4, 0.5) is 11.6 Å². The number of fused-ring (bicyclic) bond motifs is 27. The molecule has 52 heavy (non-hydrogen) atoms. The first-order chi connectivity index (χ1) is 25.8. The van der Waals surface area contributed by atoms with Crippen LogP contribution >= 0.6 is 0 Å². The first-order valence-electron chi connectivity index (χ1n) is 17.1. The topological polar surface area (TPSA) is 116 Å². The Balaban J connectivity index is 1.30. The summed E-state index contributed by atoms with van der Waals surface area (Å²) >= 11 is 0. The van der Waals surface area contributed by atoms with Crippen LogP contribution in [0, 0.1) is 0 Å². The second-order valence-electron chi connectivity index (χ2n) is 13.2. The number of anilines is 2. The third kappa shape index (κ3) is 3.04. The van der Waals surface area contributed by atoms with Crippen molar-refractivity contribution < 1.29 is 0 Å². The van der Waals surface area contributed by atoms with Gasteiger partial charge in [-0.3, -0.25) is 39.4 Å². The first kappa shape index (κ1) is 26.5. The number of hydrogen-bond acceptors (Lipinski definition) is 9. The maximum atomic E-state index is 5.56. The molecule has 0 N–H and O–H groups in total. The van der Waals surface area contributed by atoms with Crippen molar-refractivity contribution in [2.45, 2.75) is 6.42 Å². The van der Waals surface area contributed by atoms with Crippen molar-refractivity contribution in [1.29, 1.82) is 0 Å². The summed E-state index contributed by atoms with van der Waals surface area (Å²) in [4.78, 5) is 42.5. The maximum absolute atomic E-state index is 5.56. The van der Waals surface area contributed by atoms with Crippen molar-refractivity contribution in [3.05, 3.63) is 122 Å². The van der Waals surface area contributed by atoms with Crippen LogP contribution in [0.2, 0.25) is 0 Å². The van der Waals surface area contributed by atoms with Crippen LogP contribution in [0.5, 0.6) is 0 Å². The third-order valence-electron chi connectivity index (χ3n) is 10.7. The maximum Gasteiger partial charge on any atom is 0.224 e. The highest BCUT2D eigenvalue weighted by atomic mass is 15.5. The van der Waals surface area contributed by atoms with E-state index in [1.54, 1.807) is 0 Å². The van der Waals surface area contributed by atoms with E-state index in [0.29, 0.717) is 6.42 Å². The SMILES string of the molecule is C1=C2N(c3c(c4cccnc4c4ncccc34)C1)c1nc3c4cccnc4c4ncccc4c3n1-c1nc3c4cccnc4c4ncccc4c3n12. The van der Waals surface area contributed by atoms with Crippen LogP contribution in [0.1, 0.15) is 5.56 Å². The summed E-state index contributed by atoms with van der Waals surface area (Å²) in [7, 11) is 0. The van der Waals surface area contributed by atoms with Gasteiger partial charge in [0.05, 0.1) is 49.8 Å². The van der Waals surface area contributed by atoms with E-state index in [2.05, 4.69) is 56.5 Å². The Morgan fingerprint density at radius 3 is 1.40 bits per heavy atom. The normalized spacial score (nSPS) is 13.8. The number of pyridine rings is 6. The predicted molar refractivity (Wildman–Crippen MR) is 203 cm³/mol. The molecule has 0 amide bonds. The molecule has 0 atom stereocenters. The van der Waals surface area contributed by atoms with E-state index in [-0.39, 0.29) is 0 Å². The Hall–Kier alpha value is -7.40. The molecule has 13 rings (SSSR count). The lowest BCUT2D eigenvalue weighted by atomic mass is 9.95. The summed E-state index contributed by atoms with van der Waals surface area (Å²) in [6, 6.07) is 24.6. The number of aromatic nitrogens is 10. The van der Waals surface area contributed by atoms with Gasteiger partial charge in [0.15, 0.2) is 0 Å². The van der Waals surface area contributed by atoms with E-state index in [4.69, 9.17) is 39.9 Å². The van der Waals surface area contributed by atoms with Gasteiger partial charge in [0, 0.05) is 69.5 Å². The van der Waals surface area contributed by atoms with Crippen molar-refractivity contribution in [2.24, 2.45) is 0 Å². The minimum absolute atomic E-state index is 0.679. The fourth-order valence-electron chi connectivity index (χ4n) is 8.70. The van der Waals surface area contributed by atoms with Gasteiger partial charge in [-0.15, -0.1) is 0 Å². The number of benzene rings is 3. The molecule has 10 heterocycles. The molecule has 0 spiro atoms. The minimum atomic E-state index is 0.679. The van der Waals surface area contributed by atoms with E-state index < -0.39 is 0 Å². The average Bonchev–Trinajstić information content (AvgIpc) is 3.82. The molecule has 11 aromatic rings. The molecule has 2 aliphatic heterocycles. The van der Waals surface area contributed by atoms with Gasteiger partial charge in [0.1, 0.15) is 16.9 Å². The fraction of sp³-hybridized carbons (Fsp3) is 0.0244. The Morgan fingerprint density at radius 2 is 0.827 bits per heavy atom. The first-order valence-corrected chi connectivity index (χ1v) is 17.1. The van der Waals surface area contributed by atoms with Crippen molar-refractivity contribution in [3.8, 4) is 5.95 Å². The monoisotopic (exact) mass is 667 g/mol. The Kier molecular flexibility index (Phi) is 4.70. The summed E-state index contributed by atoms with van der Waals surface area (Å²) in [5.41, 5.74) is 10.7. The zero-order valence-electron chi connectivity index (χ0n) is 27.1. The Bertz CT molecular complexity index is 3470. The summed E-state index contributed by atoms with van der Waals surface area (Å²) < 4.78 is 4.49. The molecule has 11 heteroatoms. The number of rotatable bonds is 0. The molecule has 0 saturated carbocycles. The number of nitrogens with zero attached hydrogens (tertiary/aromatic N) is 11. The molecule has 240 valence electrons. The van der Waals surface area contributed by atoms with E-state index in [9.17, 15) is 0 Å². The molecule has 0 radical (unpaired) electrons. The quantitative estimate of drug-likeness (QED) is 0.148. The van der Waals surface area contributed by atoms with E-state index in [1.807, 2.05) is 73.6 Å². The van der Waals surface area contributed by atoms with Gasteiger partial charge in [0.25, 0.3) is 0 Å². The van der Waals surface area contributed by atoms with Crippen molar-refractivity contribution in [1.82, 2.24) is 49.0 Å². The second-order valence-corrected chi connectivity index (χ2v) is 13.2. The molecular weight excluding hydrogens is 647 g/mol. The molecule has 11 nitrogen and oxygen atoms in total. The standard InChI is InChI=1S/C41H21N11/c1-7-21-22-13-14-28-50(37(22)25-10-4-18-45-32(25)29(21)42-15-1)40-49-36-24-9-3-17-44-31(24)34-27(12-6-20-47-34)39(36)52(40)41-48-35-23-8-2-16-43-30(23)33-26(11-5-19-46-33)38(35)51(28)41/h1-12,14-20H,13H2. The summed E-state index contributed by atoms with van der Waals surface area (Å²) in [6.07, 6.45) is 13.9. The molecule has 8 aromatic heterocycles. The minimum Gasteiger partial charge on any atom is -0.264 e. The lowest BCUT2D eigenvalue weighted by molar-refractivity contribution is 0.848. The third-order valence-corrected chi connectivity index (χ3v) is 10.7. The highest BCUT2D eigenvalue weighted by Crippen LogP contribution is 2.52. The molecule has 0 fully saturated rings. The number of allylic oxidation sites excluding steroid dienone is 1. The van der Waals surface area contributed by atoms with Gasteiger partial charge in [0.2, 0.25) is 11.9 Å². The van der Waals surface area contributed by atoms with Crippen molar-refractivity contribution >= 4 is 105 Å². The van der Waals surface area contributed by atoms with E-state index >= 15 is 0 Å². The molecule has 0 bridgehead atoms. The largest absolute Gasteiger partial charge is 0.264 e. The molecule has 0 saturated heterocycles. The van der Waals surface area contributed by atoms with Gasteiger partial charge in [-0.1, -0.05) is 6.07 Å². The highest BCUT2D eigenvalue weighted by molar-refractivity contribution is 6.25. The molecule has 0 unspecified atom stereocenters. The predicted octanol–water partition coefficient (Wildman–Crippen LogP) is 8.17. The molecule has 2 aliphatic rings. The van der Waals surface area contributed by atoms with Gasteiger partial charge in [-0.2, -0.15) is 0 Å². The number of hydrogen-bond donors (Lipinski definition) is 0. The summed E-state index contributed by atoms with van der Waals surface area (Å²) in [5, 5.41) is 5.84. The Morgan fingerprint density at radius 1 is 0.404 bits per heavy atom. The summed E-state index contributed by atoms with van der Waals surface area (Å²) in [5.74, 6) is 2.41. The zero-order valence-corrected chi connectivity index (χ0v) is 27.1.